The summed E-state index contributed by atoms with van der Waals surface area (Å²) in [4.78, 5) is 0. The summed E-state index contributed by atoms with van der Waals surface area (Å²) in [6.45, 7) is 2.00. The molecule has 0 amide bonds. The Kier molecular flexibility index (Phi) is 4.68. The van der Waals surface area contributed by atoms with Crippen molar-refractivity contribution in [1.82, 2.24) is 5.43 Å². The third kappa shape index (κ3) is 4.07. The molecule has 0 heterocycles. The molecule has 0 bridgehead atoms. The van der Waals surface area contributed by atoms with E-state index in [0.29, 0.717) is 5.11 Å². The van der Waals surface area contributed by atoms with Crippen LogP contribution in [-0.2, 0) is 0 Å². The molecular formula is C15H15N3OS. The van der Waals surface area contributed by atoms with Crippen LogP contribution in [0, 0.1) is 6.92 Å². The van der Waals surface area contributed by atoms with Crippen LogP contribution in [0.4, 0.5) is 5.69 Å². The zero-order valence-corrected chi connectivity index (χ0v) is 11.8. The van der Waals surface area contributed by atoms with Crippen molar-refractivity contribution in [2.45, 2.75) is 6.92 Å². The highest BCUT2D eigenvalue weighted by Crippen LogP contribution is 2.12. The minimum absolute atomic E-state index is 0.203. The molecule has 2 aromatic rings. The highest BCUT2D eigenvalue weighted by atomic mass is 32.1. The zero-order valence-electron chi connectivity index (χ0n) is 11.0. The highest BCUT2D eigenvalue weighted by molar-refractivity contribution is 7.80. The lowest BCUT2D eigenvalue weighted by Crippen LogP contribution is -2.24. The number of nitrogens with zero attached hydrogens (tertiary/aromatic N) is 1. The first-order chi connectivity index (χ1) is 9.65. The van der Waals surface area contributed by atoms with Crippen LogP contribution in [0.25, 0.3) is 0 Å². The number of para-hydroxylation sites is 1. The van der Waals surface area contributed by atoms with E-state index in [9.17, 15) is 5.11 Å². The van der Waals surface area contributed by atoms with Crippen LogP contribution in [0.2, 0.25) is 0 Å². The average Bonchev–Trinajstić information content (AvgIpc) is 2.41. The van der Waals surface area contributed by atoms with E-state index in [4.69, 9.17) is 12.2 Å². The molecule has 5 heteroatoms. The number of aromatic hydroxyl groups is 1. The molecule has 0 aliphatic rings. The number of benzene rings is 2. The van der Waals surface area contributed by atoms with Crippen molar-refractivity contribution < 1.29 is 5.11 Å². The Balaban J connectivity index is 1.91. The Labute approximate surface area is 123 Å². The topological polar surface area (TPSA) is 56.7 Å². The number of aryl methyl sites for hydroxylation is 1. The van der Waals surface area contributed by atoms with E-state index >= 15 is 0 Å². The lowest BCUT2D eigenvalue weighted by Gasteiger charge is -2.09. The van der Waals surface area contributed by atoms with Gasteiger partial charge < -0.3 is 10.4 Å². The molecule has 102 valence electrons. The lowest BCUT2D eigenvalue weighted by atomic mass is 10.2. The van der Waals surface area contributed by atoms with E-state index in [1.807, 2.05) is 37.3 Å². The molecule has 2 rings (SSSR count). The minimum atomic E-state index is 0.203. The molecule has 3 N–H and O–H groups in total. The van der Waals surface area contributed by atoms with Gasteiger partial charge in [-0.15, -0.1) is 0 Å². The van der Waals surface area contributed by atoms with E-state index in [1.165, 1.54) is 0 Å². The average molecular weight is 285 g/mol. The number of anilines is 1. The molecule has 0 atom stereocenters. The Morgan fingerprint density at radius 3 is 2.75 bits per heavy atom. The number of phenolic OH excluding ortho intramolecular Hbond substituents is 1. The minimum Gasteiger partial charge on any atom is -0.508 e. The maximum atomic E-state index is 9.33. The molecule has 0 fully saturated rings. The van der Waals surface area contributed by atoms with E-state index < -0.39 is 0 Å². The normalized spacial score (nSPS) is 10.4. The molecule has 0 saturated carbocycles. The van der Waals surface area contributed by atoms with Crippen LogP contribution in [0.3, 0.4) is 0 Å². The second kappa shape index (κ2) is 6.68. The van der Waals surface area contributed by atoms with Gasteiger partial charge in [-0.2, -0.15) is 5.10 Å². The van der Waals surface area contributed by atoms with Crippen LogP contribution >= 0.6 is 12.2 Å². The Bertz CT molecular complexity index is 641. The van der Waals surface area contributed by atoms with Crippen LogP contribution < -0.4 is 10.7 Å². The molecule has 0 saturated heterocycles. The van der Waals surface area contributed by atoms with Gasteiger partial charge in [0.2, 0.25) is 0 Å². The fourth-order valence-corrected chi connectivity index (χ4v) is 1.80. The van der Waals surface area contributed by atoms with Crippen molar-refractivity contribution >= 4 is 29.2 Å². The molecular weight excluding hydrogens is 270 g/mol. The number of hydrogen-bond donors (Lipinski definition) is 3. The number of nitrogens with one attached hydrogen (secondary N) is 2. The van der Waals surface area contributed by atoms with Crippen molar-refractivity contribution in [2.75, 3.05) is 5.32 Å². The quantitative estimate of drug-likeness (QED) is 0.461. The van der Waals surface area contributed by atoms with Gasteiger partial charge in [0.25, 0.3) is 0 Å². The number of phenols is 1. The van der Waals surface area contributed by atoms with Gasteiger partial charge in [0.15, 0.2) is 5.11 Å². The number of rotatable bonds is 3. The number of thiocarbonyl (C=S) groups is 1. The Morgan fingerprint density at radius 2 is 2.00 bits per heavy atom. The lowest BCUT2D eigenvalue weighted by molar-refractivity contribution is 0.475. The van der Waals surface area contributed by atoms with Gasteiger partial charge in [-0.25, -0.2) is 0 Å². The first kappa shape index (κ1) is 14.0. The number of hydrazone groups is 1. The van der Waals surface area contributed by atoms with E-state index in [2.05, 4.69) is 15.8 Å². The molecule has 20 heavy (non-hydrogen) atoms. The Hall–Kier alpha value is -2.40. The van der Waals surface area contributed by atoms with Crippen LogP contribution in [0.15, 0.2) is 53.6 Å². The summed E-state index contributed by atoms with van der Waals surface area (Å²) in [6, 6.07) is 14.7. The molecule has 0 radical (unpaired) electrons. The SMILES string of the molecule is Cc1ccccc1NC(=S)N/N=C\c1cccc(O)c1. The summed E-state index contributed by atoms with van der Waals surface area (Å²) < 4.78 is 0. The summed E-state index contributed by atoms with van der Waals surface area (Å²) >= 11 is 5.15. The molecule has 0 aromatic heterocycles. The highest BCUT2D eigenvalue weighted by Gasteiger charge is 1.98. The van der Waals surface area contributed by atoms with Gasteiger partial charge in [-0.1, -0.05) is 30.3 Å². The van der Waals surface area contributed by atoms with Crippen molar-refractivity contribution in [3.8, 4) is 5.75 Å². The second-order valence-electron chi connectivity index (χ2n) is 4.23. The van der Waals surface area contributed by atoms with E-state index in [0.717, 1.165) is 16.8 Å². The summed E-state index contributed by atoms with van der Waals surface area (Å²) in [5.74, 6) is 0.203. The van der Waals surface area contributed by atoms with Gasteiger partial charge in [-0.3, -0.25) is 5.43 Å². The van der Waals surface area contributed by atoms with Gasteiger partial charge in [0.05, 0.1) is 6.21 Å². The van der Waals surface area contributed by atoms with Gasteiger partial charge in [-0.05, 0) is 48.5 Å². The van der Waals surface area contributed by atoms with Crippen molar-refractivity contribution in [1.29, 1.82) is 0 Å². The fourth-order valence-electron chi connectivity index (χ4n) is 1.63. The zero-order chi connectivity index (χ0) is 14.4. The smallest absolute Gasteiger partial charge is 0.191 e. The van der Waals surface area contributed by atoms with Crippen molar-refractivity contribution in [3.63, 3.8) is 0 Å². The molecule has 0 aliphatic carbocycles. The maximum absolute atomic E-state index is 9.33. The Morgan fingerprint density at radius 1 is 1.20 bits per heavy atom. The standard InChI is InChI=1S/C15H15N3OS/c1-11-5-2-3-8-14(11)17-15(20)18-16-10-12-6-4-7-13(19)9-12/h2-10,19H,1H3,(H2,17,18,20)/b16-10-. The third-order valence-corrected chi connectivity index (χ3v) is 2.84. The maximum Gasteiger partial charge on any atom is 0.191 e. The predicted octanol–water partition coefficient (Wildman–Crippen LogP) is 3.02. The van der Waals surface area contributed by atoms with Gasteiger partial charge in [0, 0.05) is 5.69 Å². The predicted molar refractivity (Wildman–Crippen MR) is 86.2 cm³/mol. The van der Waals surface area contributed by atoms with Crippen LogP contribution in [0.1, 0.15) is 11.1 Å². The molecule has 0 unspecified atom stereocenters. The monoisotopic (exact) mass is 285 g/mol. The summed E-state index contributed by atoms with van der Waals surface area (Å²) in [5.41, 5.74) is 5.57. The van der Waals surface area contributed by atoms with E-state index in [1.54, 1.807) is 24.4 Å². The summed E-state index contributed by atoms with van der Waals surface area (Å²) in [6.07, 6.45) is 1.59. The molecule has 0 aliphatic heterocycles. The van der Waals surface area contributed by atoms with Crippen molar-refractivity contribution in [3.05, 3.63) is 59.7 Å². The largest absolute Gasteiger partial charge is 0.508 e. The van der Waals surface area contributed by atoms with E-state index in [-0.39, 0.29) is 5.75 Å². The first-order valence-corrected chi connectivity index (χ1v) is 6.51. The summed E-state index contributed by atoms with van der Waals surface area (Å²) in [7, 11) is 0. The first-order valence-electron chi connectivity index (χ1n) is 6.10. The summed E-state index contributed by atoms with van der Waals surface area (Å²) in [5, 5.41) is 16.8. The fraction of sp³-hybridized carbons (Fsp3) is 0.0667. The van der Waals surface area contributed by atoms with Gasteiger partial charge >= 0.3 is 0 Å². The second-order valence-corrected chi connectivity index (χ2v) is 4.64. The van der Waals surface area contributed by atoms with Crippen LogP contribution in [0.5, 0.6) is 5.75 Å². The van der Waals surface area contributed by atoms with Crippen LogP contribution in [-0.4, -0.2) is 16.4 Å². The molecule has 4 nitrogen and oxygen atoms in total. The molecule has 0 spiro atoms. The molecule has 2 aromatic carbocycles. The third-order valence-electron chi connectivity index (χ3n) is 2.64. The van der Waals surface area contributed by atoms with Gasteiger partial charge in [0.1, 0.15) is 5.75 Å². The number of hydrogen-bond acceptors (Lipinski definition) is 3. The van der Waals surface area contributed by atoms with Crippen molar-refractivity contribution in [2.24, 2.45) is 5.10 Å².